The molecule has 206 valence electrons. The summed E-state index contributed by atoms with van der Waals surface area (Å²) >= 11 is 4.09. The number of guanidine groups is 1. The highest BCUT2D eigenvalue weighted by atomic mass is 79.9. The number of carboxylic acids is 2. The number of alkyl halides is 1. The summed E-state index contributed by atoms with van der Waals surface area (Å²) in [7, 11) is 0. The molecule has 0 spiro atoms. The van der Waals surface area contributed by atoms with Crippen molar-refractivity contribution in [3.05, 3.63) is 0 Å². The third-order valence-corrected chi connectivity index (χ3v) is 5.18. The lowest BCUT2D eigenvalue weighted by Gasteiger charge is -2.20. The summed E-state index contributed by atoms with van der Waals surface area (Å²) in [5.41, 5.74) is 16.1. The Balaban J connectivity index is 0. The van der Waals surface area contributed by atoms with Crippen molar-refractivity contribution in [2.24, 2.45) is 22.2 Å². The highest BCUT2D eigenvalue weighted by Gasteiger charge is 2.28. The zero-order valence-electron chi connectivity index (χ0n) is 19.9. The number of hydrogen-bond acceptors (Lipinski definition) is 8. The molecule has 0 unspecified atom stereocenters. The summed E-state index contributed by atoms with van der Waals surface area (Å²) in [6, 6.07) is -3.86. The van der Waals surface area contributed by atoms with E-state index in [9.17, 15) is 29.1 Å². The van der Waals surface area contributed by atoms with E-state index in [1.165, 1.54) is 0 Å². The number of nitrogens with zero attached hydrogens (tertiary/aromatic N) is 1. The van der Waals surface area contributed by atoms with Gasteiger partial charge in [0.15, 0.2) is 5.96 Å². The summed E-state index contributed by atoms with van der Waals surface area (Å²) in [5, 5.41) is 25.5. The number of carbonyl (C=O) groups excluding carboxylic acids is 3. The Bertz CT molecular complexity index is 885. The lowest BCUT2D eigenvalue weighted by molar-refractivity contribution is -0.143. The number of hydrogen-bond donors (Lipinski definition) is 8. The third-order valence-electron chi connectivity index (χ3n) is 3.92. The number of aliphatic carboxylic acids is 2. The van der Waals surface area contributed by atoms with Gasteiger partial charge in [-0.2, -0.15) is 0 Å². The Hall–Kier alpha value is -3.47. The van der Waals surface area contributed by atoms with E-state index in [2.05, 4.69) is 48.7 Å². The second kappa shape index (κ2) is 21.8. The van der Waals surface area contributed by atoms with Crippen LogP contribution in [-0.4, -0.2) is 93.9 Å². The van der Waals surface area contributed by atoms with Crippen LogP contribution in [0.4, 0.5) is 0 Å². The summed E-state index contributed by atoms with van der Waals surface area (Å²) in [5.74, 6) is -0.575. The van der Waals surface area contributed by atoms with Gasteiger partial charge in [0.05, 0.1) is 30.1 Å². The molecule has 0 heterocycles. The lowest BCUT2D eigenvalue weighted by Crippen LogP contribution is -2.54. The number of nitrogens with one attached hydrogen (secondary N) is 3. The first-order chi connectivity index (χ1) is 17.4. The molecule has 3 atom stereocenters. The van der Waals surface area contributed by atoms with Crippen LogP contribution in [0.2, 0.25) is 0 Å². The predicted octanol–water partition coefficient (Wildman–Crippen LogP) is -2.61. The fourth-order valence-corrected chi connectivity index (χ4v) is 2.96. The van der Waals surface area contributed by atoms with E-state index in [1.54, 1.807) is 0 Å². The van der Waals surface area contributed by atoms with Gasteiger partial charge in [0.1, 0.15) is 12.1 Å². The van der Waals surface area contributed by atoms with E-state index in [4.69, 9.17) is 35.2 Å². The molecule has 0 aliphatic carbocycles. The molecule has 0 aromatic carbocycles. The molecule has 11 N–H and O–H groups in total. The molecular weight excluding hydrogens is 574 g/mol. The van der Waals surface area contributed by atoms with Crippen LogP contribution in [0.1, 0.15) is 19.3 Å². The molecular formula is C21H32BrN7O7S. The molecule has 14 nitrogen and oxygen atoms in total. The molecule has 0 aliphatic rings. The number of terminal acetylenes is 2. The molecule has 0 radical (unpaired) electrons. The van der Waals surface area contributed by atoms with Crippen molar-refractivity contribution in [2.75, 3.05) is 29.9 Å². The minimum absolute atomic E-state index is 0.0594. The van der Waals surface area contributed by atoms with Gasteiger partial charge in [-0.3, -0.25) is 24.2 Å². The van der Waals surface area contributed by atoms with Crippen molar-refractivity contribution >= 4 is 63.3 Å². The monoisotopic (exact) mass is 605 g/mol. The minimum Gasteiger partial charge on any atom is -0.481 e. The largest absolute Gasteiger partial charge is 0.481 e. The second-order valence-electron chi connectivity index (χ2n) is 6.95. The van der Waals surface area contributed by atoms with E-state index in [0.29, 0.717) is 11.8 Å². The summed E-state index contributed by atoms with van der Waals surface area (Å²) in [6.45, 7) is -0.307. The zero-order chi connectivity index (χ0) is 28.8. The maximum Gasteiger partial charge on any atom is 0.327 e. The normalized spacial score (nSPS) is 12.0. The molecule has 0 rings (SSSR count). The molecule has 3 amide bonds. The van der Waals surface area contributed by atoms with Crippen LogP contribution >= 0.6 is 27.7 Å². The molecule has 0 saturated carbocycles. The zero-order valence-corrected chi connectivity index (χ0v) is 22.3. The average molecular weight is 607 g/mol. The van der Waals surface area contributed by atoms with Crippen molar-refractivity contribution in [1.29, 1.82) is 0 Å². The smallest absolute Gasteiger partial charge is 0.327 e. The molecule has 37 heavy (non-hydrogen) atoms. The fourth-order valence-electron chi connectivity index (χ4n) is 2.26. The number of carbonyl (C=O) groups is 5. The van der Waals surface area contributed by atoms with E-state index in [0.717, 1.165) is 11.8 Å². The van der Waals surface area contributed by atoms with Gasteiger partial charge in [0.2, 0.25) is 17.7 Å². The van der Waals surface area contributed by atoms with Gasteiger partial charge in [-0.1, -0.05) is 27.8 Å². The van der Waals surface area contributed by atoms with E-state index < -0.39 is 60.8 Å². The van der Waals surface area contributed by atoms with Crippen molar-refractivity contribution < 1.29 is 34.2 Å². The van der Waals surface area contributed by atoms with Gasteiger partial charge < -0.3 is 43.4 Å². The van der Waals surface area contributed by atoms with Gasteiger partial charge in [-0.15, -0.1) is 24.6 Å². The topological polar surface area (TPSA) is 252 Å². The Morgan fingerprint density at radius 3 is 2.14 bits per heavy atom. The quantitative estimate of drug-likeness (QED) is 0.0297. The minimum atomic E-state index is -1.57. The van der Waals surface area contributed by atoms with Crippen LogP contribution in [0.5, 0.6) is 0 Å². The van der Waals surface area contributed by atoms with Crippen LogP contribution in [0.15, 0.2) is 4.99 Å². The van der Waals surface area contributed by atoms with E-state index in [1.807, 2.05) is 0 Å². The van der Waals surface area contributed by atoms with Gasteiger partial charge in [-0.25, -0.2) is 4.79 Å². The van der Waals surface area contributed by atoms with Gasteiger partial charge in [0, 0.05) is 12.3 Å². The second-order valence-corrected chi connectivity index (χ2v) is 8.54. The Morgan fingerprint density at radius 1 is 1.03 bits per heavy atom. The average Bonchev–Trinajstić information content (AvgIpc) is 2.83. The SMILES string of the molecule is C#CCBr.C#CCSC[C@H](NC(=O)[C@H](CC(=O)O)NC(=O)CNC(=O)[C@@H](N)CCCN=C(N)N)C(=O)O. The fraction of sp³-hybridized carbons (Fsp3) is 0.524. The first kappa shape index (κ1) is 35.7. The number of carboxylic acid groups (broad SMARTS) is 2. The molecule has 0 aliphatic heterocycles. The molecule has 0 fully saturated rings. The molecule has 0 aromatic rings. The molecule has 0 bridgehead atoms. The number of rotatable bonds is 16. The standard InChI is InChI=1S/C18H29N7O7S.C3H3Br/c1-2-6-33-9-12(17(31)32)25-16(30)11(7-14(27)28)24-13(26)8-23-15(29)10(19)4-3-5-22-18(20)21;1-2-3-4/h1,10-12H,3-9,19H2,(H,23,29)(H,24,26)(H,25,30)(H,27,28)(H,31,32)(H4,20,21,22);1H,3H2/t10-,11-,12-;/m0./s1. The van der Waals surface area contributed by atoms with Crippen molar-refractivity contribution in [1.82, 2.24) is 16.0 Å². The summed E-state index contributed by atoms with van der Waals surface area (Å²) in [4.78, 5) is 62.5. The van der Waals surface area contributed by atoms with Crippen molar-refractivity contribution in [2.45, 2.75) is 37.4 Å². The molecule has 0 aromatic heterocycles. The van der Waals surface area contributed by atoms with Gasteiger partial charge >= 0.3 is 11.9 Å². The number of thioether (sulfide) groups is 1. The van der Waals surface area contributed by atoms with Crippen LogP contribution < -0.4 is 33.2 Å². The van der Waals surface area contributed by atoms with Crippen LogP contribution in [-0.2, 0) is 24.0 Å². The lowest BCUT2D eigenvalue weighted by atomic mass is 10.1. The summed E-state index contributed by atoms with van der Waals surface area (Å²) < 4.78 is 0. The third kappa shape index (κ3) is 20.4. The van der Waals surface area contributed by atoms with Crippen molar-refractivity contribution in [3.8, 4) is 24.7 Å². The van der Waals surface area contributed by atoms with E-state index >= 15 is 0 Å². The highest BCUT2D eigenvalue weighted by molar-refractivity contribution is 9.09. The maximum absolute atomic E-state index is 12.4. The number of halogens is 1. The Kier molecular flexibility index (Phi) is 21.0. The Labute approximate surface area is 227 Å². The number of amides is 3. The molecule has 0 saturated heterocycles. The first-order valence-electron chi connectivity index (χ1n) is 10.5. The van der Waals surface area contributed by atoms with Crippen LogP contribution in [0.3, 0.4) is 0 Å². The maximum atomic E-state index is 12.4. The highest BCUT2D eigenvalue weighted by Crippen LogP contribution is 2.04. The Morgan fingerprint density at radius 2 is 1.65 bits per heavy atom. The van der Waals surface area contributed by atoms with Crippen molar-refractivity contribution in [3.63, 3.8) is 0 Å². The predicted molar refractivity (Wildman–Crippen MR) is 143 cm³/mol. The van der Waals surface area contributed by atoms with E-state index in [-0.39, 0.29) is 30.4 Å². The van der Waals surface area contributed by atoms with Gasteiger partial charge in [0.25, 0.3) is 0 Å². The van der Waals surface area contributed by atoms with Crippen LogP contribution in [0, 0.1) is 24.7 Å². The summed E-state index contributed by atoms with van der Waals surface area (Å²) in [6.07, 6.45) is 9.67. The first-order valence-corrected chi connectivity index (χ1v) is 12.8. The number of aliphatic imine (C=N–C) groups is 1. The van der Waals surface area contributed by atoms with Crippen LogP contribution in [0.25, 0.3) is 0 Å². The van der Waals surface area contributed by atoms with Gasteiger partial charge in [-0.05, 0) is 12.8 Å². The molecule has 16 heteroatoms. The number of nitrogens with two attached hydrogens (primary N) is 3.